The van der Waals surface area contributed by atoms with Crippen molar-refractivity contribution in [2.24, 2.45) is 0 Å². The SMILES string of the molecule is CC1CC(NC(=O)N2CCCC2CC(=O)O)CCN1C. The van der Waals surface area contributed by atoms with Gasteiger partial charge in [-0.05, 0) is 39.7 Å². The van der Waals surface area contributed by atoms with Crippen molar-refractivity contribution in [2.45, 2.75) is 57.2 Å². The summed E-state index contributed by atoms with van der Waals surface area (Å²) in [5.41, 5.74) is 0. The van der Waals surface area contributed by atoms with Crippen LogP contribution in [0.4, 0.5) is 4.79 Å². The quantitative estimate of drug-likeness (QED) is 0.814. The number of likely N-dealkylation sites (tertiary alicyclic amines) is 2. The van der Waals surface area contributed by atoms with Crippen molar-refractivity contribution in [1.29, 1.82) is 0 Å². The Labute approximate surface area is 120 Å². The molecular formula is C14H25N3O3. The van der Waals surface area contributed by atoms with Gasteiger partial charge in [0.05, 0.1) is 6.42 Å². The minimum Gasteiger partial charge on any atom is -0.481 e. The van der Waals surface area contributed by atoms with E-state index in [-0.39, 0.29) is 24.5 Å². The average Bonchev–Trinajstić information content (AvgIpc) is 2.81. The minimum absolute atomic E-state index is 0.0528. The fraction of sp³-hybridized carbons (Fsp3) is 0.857. The second-order valence-electron chi connectivity index (χ2n) is 6.09. The molecule has 3 atom stereocenters. The summed E-state index contributed by atoms with van der Waals surface area (Å²) in [6.07, 6.45) is 3.67. The summed E-state index contributed by atoms with van der Waals surface area (Å²) in [7, 11) is 2.10. The molecule has 114 valence electrons. The first kappa shape index (κ1) is 15.1. The van der Waals surface area contributed by atoms with Crippen LogP contribution in [0.15, 0.2) is 0 Å². The summed E-state index contributed by atoms with van der Waals surface area (Å²) >= 11 is 0. The van der Waals surface area contributed by atoms with Crippen LogP contribution >= 0.6 is 0 Å². The van der Waals surface area contributed by atoms with Crippen molar-refractivity contribution in [3.05, 3.63) is 0 Å². The van der Waals surface area contributed by atoms with E-state index in [2.05, 4.69) is 24.2 Å². The third-order valence-electron chi connectivity index (χ3n) is 4.58. The molecule has 6 heteroatoms. The first-order valence-electron chi connectivity index (χ1n) is 7.46. The number of rotatable bonds is 3. The zero-order chi connectivity index (χ0) is 14.7. The number of urea groups is 1. The molecule has 6 nitrogen and oxygen atoms in total. The molecule has 0 aromatic rings. The van der Waals surface area contributed by atoms with E-state index in [0.29, 0.717) is 12.6 Å². The molecule has 20 heavy (non-hydrogen) atoms. The number of aliphatic carboxylic acids is 1. The number of piperidine rings is 1. The van der Waals surface area contributed by atoms with Crippen molar-refractivity contribution < 1.29 is 14.7 Å². The van der Waals surface area contributed by atoms with Gasteiger partial charge in [0, 0.05) is 31.2 Å². The zero-order valence-corrected chi connectivity index (χ0v) is 12.3. The second kappa shape index (κ2) is 6.43. The Kier molecular flexibility index (Phi) is 4.86. The molecule has 2 amide bonds. The second-order valence-corrected chi connectivity index (χ2v) is 6.09. The molecule has 0 aromatic carbocycles. The Balaban J connectivity index is 1.86. The van der Waals surface area contributed by atoms with Gasteiger partial charge in [-0.2, -0.15) is 0 Å². The van der Waals surface area contributed by atoms with Gasteiger partial charge in [0.1, 0.15) is 0 Å². The molecule has 2 rings (SSSR count). The van der Waals surface area contributed by atoms with Gasteiger partial charge in [0.15, 0.2) is 0 Å². The smallest absolute Gasteiger partial charge is 0.317 e. The van der Waals surface area contributed by atoms with Crippen LogP contribution in [-0.2, 0) is 4.79 Å². The maximum absolute atomic E-state index is 12.3. The van der Waals surface area contributed by atoms with E-state index in [9.17, 15) is 9.59 Å². The van der Waals surface area contributed by atoms with Gasteiger partial charge in [-0.15, -0.1) is 0 Å². The van der Waals surface area contributed by atoms with E-state index in [1.54, 1.807) is 4.90 Å². The van der Waals surface area contributed by atoms with E-state index >= 15 is 0 Å². The van der Waals surface area contributed by atoms with Gasteiger partial charge in [0.2, 0.25) is 0 Å². The van der Waals surface area contributed by atoms with E-state index in [0.717, 1.165) is 32.2 Å². The van der Waals surface area contributed by atoms with Crippen LogP contribution in [0.5, 0.6) is 0 Å². The van der Waals surface area contributed by atoms with Gasteiger partial charge in [-0.25, -0.2) is 4.79 Å². The first-order valence-corrected chi connectivity index (χ1v) is 7.46. The van der Waals surface area contributed by atoms with Crippen LogP contribution in [0.3, 0.4) is 0 Å². The van der Waals surface area contributed by atoms with Crippen LogP contribution in [-0.4, -0.2) is 65.2 Å². The maximum atomic E-state index is 12.3. The van der Waals surface area contributed by atoms with Crippen molar-refractivity contribution in [3.63, 3.8) is 0 Å². The topological polar surface area (TPSA) is 72.9 Å². The van der Waals surface area contributed by atoms with Crippen LogP contribution < -0.4 is 5.32 Å². The zero-order valence-electron chi connectivity index (χ0n) is 12.3. The Bertz CT molecular complexity index is 375. The third-order valence-corrected chi connectivity index (χ3v) is 4.58. The van der Waals surface area contributed by atoms with Gasteiger partial charge in [-0.1, -0.05) is 0 Å². The molecule has 2 aliphatic rings. The fourth-order valence-corrected chi connectivity index (χ4v) is 3.19. The highest BCUT2D eigenvalue weighted by molar-refractivity contribution is 5.76. The van der Waals surface area contributed by atoms with E-state index in [4.69, 9.17) is 5.11 Å². The number of amides is 2. The largest absolute Gasteiger partial charge is 0.481 e. The van der Waals surface area contributed by atoms with Gasteiger partial charge in [-0.3, -0.25) is 4.79 Å². The van der Waals surface area contributed by atoms with Crippen molar-refractivity contribution in [3.8, 4) is 0 Å². The summed E-state index contributed by atoms with van der Waals surface area (Å²) in [5.74, 6) is -0.831. The Hall–Kier alpha value is -1.30. The number of hydrogen-bond acceptors (Lipinski definition) is 3. The van der Waals surface area contributed by atoms with E-state index in [1.165, 1.54) is 0 Å². The van der Waals surface area contributed by atoms with Crippen molar-refractivity contribution in [1.82, 2.24) is 15.1 Å². The van der Waals surface area contributed by atoms with Crippen LogP contribution in [0.25, 0.3) is 0 Å². The monoisotopic (exact) mass is 283 g/mol. The molecular weight excluding hydrogens is 258 g/mol. The number of hydrogen-bond donors (Lipinski definition) is 2. The first-order chi connectivity index (χ1) is 9.47. The summed E-state index contributed by atoms with van der Waals surface area (Å²) < 4.78 is 0. The lowest BCUT2D eigenvalue weighted by atomic mass is 9.99. The predicted octanol–water partition coefficient (Wildman–Crippen LogP) is 1.12. The van der Waals surface area contributed by atoms with E-state index in [1.807, 2.05) is 0 Å². The number of carboxylic acids is 1. The molecule has 3 unspecified atom stereocenters. The van der Waals surface area contributed by atoms with Crippen molar-refractivity contribution >= 4 is 12.0 Å². The molecule has 2 N–H and O–H groups in total. The summed E-state index contributed by atoms with van der Waals surface area (Å²) in [4.78, 5) is 27.1. The molecule has 0 radical (unpaired) electrons. The predicted molar refractivity (Wildman–Crippen MR) is 75.6 cm³/mol. The Morgan fingerprint density at radius 2 is 2.05 bits per heavy atom. The lowest BCUT2D eigenvalue weighted by Gasteiger charge is -2.36. The Morgan fingerprint density at radius 3 is 2.70 bits per heavy atom. The number of nitrogens with zero attached hydrogens (tertiary/aromatic N) is 2. The standard InChI is InChI=1S/C14H25N3O3/c1-10-8-11(5-7-16(10)2)15-14(20)17-6-3-4-12(17)9-13(18)19/h10-12H,3-9H2,1-2H3,(H,15,20)(H,18,19). The summed E-state index contributed by atoms with van der Waals surface area (Å²) in [6.45, 7) is 3.83. The molecule has 0 saturated carbocycles. The molecule has 2 saturated heterocycles. The van der Waals surface area contributed by atoms with Gasteiger partial charge < -0.3 is 20.2 Å². The molecule has 0 aliphatic carbocycles. The molecule has 0 spiro atoms. The van der Waals surface area contributed by atoms with E-state index < -0.39 is 5.97 Å². The third kappa shape index (κ3) is 3.62. The molecule has 0 bridgehead atoms. The molecule has 2 aliphatic heterocycles. The molecule has 0 aromatic heterocycles. The van der Waals surface area contributed by atoms with Crippen LogP contribution in [0.2, 0.25) is 0 Å². The average molecular weight is 283 g/mol. The number of carbonyl (C=O) groups excluding carboxylic acids is 1. The van der Waals surface area contributed by atoms with Gasteiger partial charge in [0.25, 0.3) is 0 Å². The summed E-state index contributed by atoms with van der Waals surface area (Å²) in [5, 5.41) is 12.0. The fourth-order valence-electron chi connectivity index (χ4n) is 3.19. The number of carbonyl (C=O) groups is 2. The number of carboxylic acid groups (broad SMARTS) is 1. The Morgan fingerprint density at radius 1 is 1.30 bits per heavy atom. The lowest BCUT2D eigenvalue weighted by molar-refractivity contribution is -0.137. The summed E-state index contributed by atoms with van der Waals surface area (Å²) in [6, 6.07) is 0.453. The highest BCUT2D eigenvalue weighted by atomic mass is 16.4. The normalized spacial score (nSPS) is 31.3. The lowest BCUT2D eigenvalue weighted by Crippen LogP contribution is -2.52. The highest BCUT2D eigenvalue weighted by Crippen LogP contribution is 2.21. The van der Waals surface area contributed by atoms with Crippen LogP contribution in [0, 0.1) is 0 Å². The highest BCUT2D eigenvalue weighted by Gasteiger charge is 2.32. The van der Waals surface area contributed by atoms with Crippen molar-refractivity contribution in [2.75, 3.05) is 20.1 Å². The minimum atomic E-state index is -0.831. The molecule has 2 heterocycles. The number of nitrogens with one attached hydrogen (secondary N) is 1. The molecule has 2 fully saturated rings. The van der Waals surface area contributed by atoms with Crippen LogP contribution in [0.1, 0.15) is 39.0 Å². The maximum Gasteiger partial charge on any atom is 0.317 e. The van der Waals surface area contributed by atoms with Gasteiger partial charge >= 0.3 is 12.0 Å².